The molecule has 6 nitrogen and oxygen atoms in total. The van der Waals surface area contributed by atoms with Gasteiger partial charge in [-0.15, -0.1) is 10.2 Å². The molecule has 4 rings (SSSR count). The third kappa shape index (κ3) is 1.77. The molecule has 1 unspecified atom stereocenters. The van der Waals surface area contributed by atoms with E-state index in [-0.39, 0.29) is 0 Å². The van der Waals surface area contributed by atoms with Gasteiger partial charge in [-0.25, -0.2) is 0 Å². The molecule has 3 heterocycles. The topological polar surface area (TPSA) is 83.1 Å². The van der Waals surface area contributed by atoms with E-state index >= 15 is 0 Å². The molecule has 1 aliphatic carbocycles. The van der Waals surface area contributed by atoms with Gasteiger partial charge in [-0.1, -0.05) is 0 Å². The highest BCUT2D eigenvalue weighted by Crippen LogP contribution is 2.36. The van der Waals surface area contributed by atoms with Crippen molar-refractivity contribution in [3.8, 4) is 11.5 Å². The minimum Gasteiger partial charge on any atom is -0.282 e. The van der Waals surface area contributed by atoms with E-state index in [1.165, 1.54) is 16.8 Å². The number of thiophene rings is 1. The second kappa shape index (κ2) is 4.27. The van der Waals surface area contributed by atoms with Gasteiger partial charge in [-0.05, 0) is 52.8 Å². The summed E-state index contributed by atoms with van der Waals surface area (Å²) >= 11 is 1.76. The van der Waals surface area contributed by atoms with Gasteiger partial charge in [0.1, 0.15) is 5.69 Å². The maximum atomic E-state index is 4.35. The summed E-state index contributed by atoms with van der Waals surface area (Å²) in [6.45, 7) is 0. The summed E-state index contributed by atoms with van der Waals surface area (Å²) in [7, 11) is 0. The lowest BCUT2D eigenvalue weighted by Gasteiger charge is -2.21. The average molecular weight is 272 g/mol. The molecular formula is C12H12N6S. The molecule has 0 spiro atoms. The van der Waals surface area contributed by atoms with Crippen LogP contribution in [0.5, 0.6) is 0 Å². The highest BCUT2D eigenvalue weighted by molar-refractivity contribution is 7.07. The Balaban J connectivity index is 1.72. The molecule has 0 radical (unpaired) electrons. The summed E-state index contributed by atoms with van der Waals surface area (Å²) in [5.74, 6) is 1.14. The van der Waals surface area contributed by atoms with Crippen molar-refractivity contribution in [1.29, 1.82) is 0 Å². The number of H-pyrrole nitrogens is 2. The molecule has 1 aliphatic rings. The summed E-state index contributed by atoms with van der Waals surface area (Å²) in [4.78, 5) is 0. The van der Waals surface area contributed by atoms with Crippen LogP contribution < -0.4 is 0 Å². The fraction of sp³-hybridized carbons (Fsp3) is 0.333. The maximum absolute atomic E-state index is 4.35. The number of aromatic amines is 2. The summed E-state index contributed by atoms with van der Waals surface area (Å²) in [5, 5.41) is 26.0. The number of rotatable bonds is 2. The Morgan fingerprint density at radius 3 is 3.11 bits per heavy atom. The van der Waals surface area contributed by atoms with Crippen LogP contribution in [0.3, 0.4) is 0 Å². The Labute approximate surface area is 113 Å². The van der Waals surface area contributed by atoms with Crippen molar-refractivity contribution in [2.45, 2.75) is 25.2 Å². The van der Waals surface area contributed by atoms with Crippen LogP contribution in [0.15, 0.2) is 16.8 Å². The van der Waals surface area contributed by atoms with Crippen LogP contribution in [0.4, 0.5) is 0 Å². The summed E-state index contributed by atoms with van der Waals surface area (Å²) in [5.41, 5.74) is 4.72. The van der Waals surface area contributed by atoms with Crippen LogP contribution >= 0.6 is 11.3 Å². The van der Waals surface area contributed by atoms with Crippen molar-refractivity contribution < 1.29 is 0 Å². The van der Waals surface area contributed by atoms with E-state index in [1.807, 2.05) is 0 Å². The Hall–Kier alpha value is -2.02. The minimum absolute atomic E-state index is 0.571. The van der Waals surface area contributed by atoms with E-state index in [0.717, 1.165) is 25.0 Å². The van der Waals surface area contributed by atoms with Crippen LogP contribution in [0.25, 0.3) is 11.5 Å². The molecular weight excluding hydrogens is 260 g/mol. The van der Waals surface area contributed by atoms with Crippen LogP contribution in [0, 0.1) is 0 Å². The Morgan fingerprint density at radius 2 is 2.32 bits per heavy atom. The fourth-order valence-electron chi connectivity index (χ4n) is 2.73. The first kappa shape index (κ1) is 10.9. The molecule has 96 valence electrons. The molecule has 0 aromatic carbocycles. The SMILES string of the molecule is c1cc(C2CCc3[nH]nc(-c4nn[nH]n4)c3C2)cs1. The fourth-order valence-corrected chi connectivity index (χ4v) is 3.48. The molecule has 7 heteroatoms. The molecule has 0 bridgehead atoms. The van der Waals surface area contributed by atoms with Crippen molar-refractivity contribution in [3.63, 3.8) is 0 Å². The Kier molecular flexibility index (Phi) is 2.44. The van der Waals surface area contributed by atoms with Gasteiger partial charge in [0.25, 0.3) is 0 Å². The number of nitrogens with zero attached hydrogens (tertiary/aromatic N) is 4. The molecule has 2 N–H and O–H groups in total. The predicted octanol–water partition coefficient (Wildman–Crippen LogP) is 1.92. The third-order valence-electron chi connectivity index (χ3n) is 3.72. The first-order valence-electron chi connectivity index (χ1n) is 6.24. The van der Waals surface area contributed by atoms with E-state index in [4.69, 9.17) is 0 Å². The van der Waals surface area contributed by atoms with E-state index in [1.54, 1.807) is 11.3 Å². The predicted molar refractivity (Wildman–Crippen MR) is 70.8 cm³/mol. The third-order valence-corrected chi connectivity index (χ3v) is 4.42. The molecule has 0 amide bonds. The lowest BCUT2D eigenvalue weighted by Crippen LogP contribution is -2.12. The smallest absolute Gasteiger partial charge is 0.225 e. The molecule has 3 aromatic heterocycles. The number of hydrogen-bond donors (Lipinski definition) is 2. The van der Waals surface area contributed by atoms with Gasteiger partial charge >= 0.3 is 0 Å². The van der Waals surface area contributed by atoms with Crippen molar-refractivity contribution in [1.82, 2.24) is 30.8 Å². The van der Waals surface area contributed by atoms with Gasteiger partial charge < -0.3 is 0 Å². The number of hydrogen-bond acceptors (Lipinski definition) is 5. The zero-order valence-corrected chi connectivity index (χ0v) is 10.9. The van der Waals surface area contributed by atoms with Crippen molar-refractivity contribution in [2.75, 3.05) is 0 Å². The van der Waals surface area contributed by atoms with E-state index in [2.05, 4.69) is 47.6 Å². The van der Waals surface area contributed by atoms with Crippen LogP contribution in [0.1, 0.15) is 29.2 Å². The highest BCUT2D eigenvalue weighted by Gasteiger charge is 2.26. The van der Waals surface area contributed by atoms with Gasteiger partial charge in [-0.3, -0.25) is 5.10 Å². The second-order valence-electron chi connectivity index (χ2n) is 4.76. The molecule has 3 aromatic rings. The van der Waals surface area contributed by atoms with Crippen molar-refractivity contribution in [3.05, 3.63) is 33.6 Å². The zero-order chi connectivity index (χ0) is 12.7. The van der Waals surface area contributed by atoms with Crippen molar-refractivity contribution >= 4 is 11.3 Å². The number of aromatic nitrogens is 6. The van der Waals surface area contributed by atoms with Gasteiger partial charge in [-0.2, -0.15) is 21.6 Å². The van der Waals surface area contributed by atoms with Gasteiger partial charge in [0.15, 0.2) is 0 Å². The molecule has 0 saturated heterocycles. The zero-order valence-electron chi connectivity index (χ0n) is 10.1. The van der Waals surface area contributed by atoms with Gasteiger partial charge in [0.2, 0.25) is 5.82 Å². The van der Waals surface area contributed by atoms with Crippen molar-refractivity contribution in [2.24, 2.45) is 0 Å². The first-order valence-corrected chi connectivity index (χ1v) is 7.18. The normalized spacial score (nSPS) is 18.4. The van der Waals surface area contributed by atoms with Crippen LogP contribution in [-0.4, -0.2) is 30.8 Å². The molecule has 0 saturated carbocycles. The molecule has 0 fully saturated rings. The minimum atomic E-state index is 0.571. The molecule has 19 heavy (non-hydrogen) atoms. The van der Waals surface area contributed by atoms with E-state index in [0.29, 0.717) is 11.7 Å². The van der Waals surface area contributed by atoms with E-state index in [9.17, 15) is 0 Å². The first-order chi connectivity index (χ1) is 9.42. The van der Waals surface area contributed by atoms with E-state index < -0.39 is 0 Å². The average Bonchev–Trinajstić information content (AvgIpc) is 3.18. The monoisotopic (exact) mass is 272 g/mol. The lowest BCUT2D eigenvalue weighted by atomic mass is 9.83. The largest absolute Gasteiger partial charge is 0.282 e. The second-order valence-corrected chi connectivity index (χ2v) is 5.54. The summed E-state index contributed by atoms with van der Waals surface area (Å²) in [6, 6.07) is 2.22. The molecule has 0 aliphatic heterocycles. The number of aryl methyl sites for hydroxylation is 1. The van der Waals surface area contributed by atoms with Crippen LogP contribution in [-0.2, 0) is 12.8 Å². The van der Waals surface area contributed by atoms with Gasteiger partial charge in [0.05, 0.1) is 0 Å². The quantitative estimate of drug-likeness (QED) is 0.746. The summed E-state index contributed by atoms with van der Waals surface area (Å²) < 4.78 is 0. The number of fused-ring (bicyclic) bond motifs is 1. The van der Waals surface area contributed by atoms with Crippen LogP contribution in [0.2, 0.25) is 0 Å². The maximum Gasteiger partial charge on any atom is 0.225 e. The Bertz CT molecular complexity index is 669. The molecule has 1 atom stereocenters. The number of tetrazole rings is 1. The number of nitrogens with one attached hydrogen (secondary N) is 2. The highest BCUT2D eigenvalue weighted by atomic mass is 32.1. The van der Waals surface area contributed by atoms with Gasteiger partial charge in [0, 0.05) is 11.3 Å². The summed E-state index contributed by atoms with van der Waals surface area (Å²) in [6.07, 6.45) is 3.19. The lowest BCUT2D eigenvalue weighted by molar-refractivity contribution is 0.581. The standard InChI is InChI=1S/C12H12N6S/c1-2-10-9(5-7(1)8-3-4-19-6-8)11(14-13-10)12-15-17-18-16-12/h3-4,6-7H,1-2,5H2,(H,13,14)(H,15,16,17,18). The Morgan fingerprint density at radius 1 is 1.32 bits per heavy atom.